The topological polar surface area (TPSA) is 38.7 Å². The second kappa shape index (κ2) is 5.25. The zero-order valence-electron chi connectivity index (χ0n) is 9.53. The standard InChI is InChI=1S/C12H14BrNO2/c1-12(2,3)16-11(15)14-8-9-4-6-10(13)7-5-9/h4-8H,1-3H3/b14-8-. The van der Waals surface area contributed by atoms with Gasteiger partial charge < -0.3 is 4.74 Å². The molecule has 0 aliphatic rings. The van der Waals surface area contributed by atoms with Crippen LogP contribution in [-0.4, -0.2) is 17.9 Å². The molecule has 0 aromatic heterocycles. The summed E-state index contributed by atoms with van der Waals surface area (Å²) in [6.45, 7) is 5.42. The van der Waals surface area contributed by atoms with Gasteiger partial charge in [0.2, 0.25) is 0 Å². The molecule has 16 heavy (non-hydrogen) atoms. The summed E-state index contributed by atoms with van der Waals surface area (Å²) in [7, 11) is 0. The van der Waals surface area contributed by atoms with Crippen LogP contribution >= 0.6 is 15.9 Å². The second-order valence-electron chi connectivity index (χ2n) is 4.29. The first kappa shape index (κ1) is 12.9. The Bertz CT molecular complexity index is 390. The van der Waals surface area contributed by atoms with Gasteiger partial charge in [0.15, 0.2) is 0 Å². The maximum atomic E-state index is 11.3. The van der Waals surface area contributed by atoms with Crippen molar-refractivity contribution in [1.82, 2.24) is 0 Å². The zero-order chi connectivity index (χ0) is 12.2. The van der Waals surface area contributed by atoms with Gasteiger partial charge in [-0.2, -0.15) is 4.99 Å². The van der Waals surface area contributed by atoms with Crippen LogP contribution in [-0.2, 0) is 4.74 Å². The number of halogens is 1. The third-order valence-electron chi connectivity index (χ3n) is 1.58. The van der Waals surface area contributed by atoms with E-state index in [1.807, 2.05) is 24.3 Å². The van der Waals surface area contributed by atoms with Gasteiger partial charge in [0.1, 0.15) is 5.60 Å². The van der Waals surface area contributed by atoms with Crippen LogP contribution in [0.2, 0.25) is 0 Å². The molecule has 0 spiro atoms. The van der Waals surface area contributed by atoms with Gasteiger partial charge in [-0.3, -0.25) is 0 Å². The van der Waals surface area contributed by atoms with Crippen molar-refractivity contribution in [2.45, 2.75) is 26.4 Å². The molecule has 86 valence electrons. The molecule has 1 aromatic carbocycles. The van der Waals surface area contributed by atoms with Crippen LogP contribution in [0.25, 0.3) is 0 Å². The first-order chi connectivity index (χ1) is 7.37. The van der Waals surface area contributed by atoms with Crippen LogP contribution < -0.4 is 0 Å². The van der Waals surface area contributed by atoms with Crippen LogP contribution in [0.15, 0.2) is 33.7 Å². The van der Waals surface area contributed by atoms with Gasteiger partial charge in [-0.15, -0.1) is 0 Å². The average Bonchev–Trinajstić information content (AvgIpc) is 2.14. The maximum Gasteiger partial charge on any atom is 0.434 e. The van der Waals surface area contributed by atoms with E-state index in [0.717, 1.165) is 10.0 Å². The third kappa shape index (κ3) is 5.07. The lowest BCUT2D eigenvalue weighted by Gasteiger charge is -2.17. The summed E-state index contributed by atoms with van der Waals surface area (Å²) >= 11 is 3.33. The maximum absolute atomic E-state index is 11.3. The zero-order valence-corrected chi connectivity index (χ0v) is 11.1. The number of carbonyl (C=O) groups excluding carboxylic acids is 1. The first-order valence-corrected chi connectivity index (χ1v) is 5.69. The Labute approximate surface area is 104 Å². The van der Waals surface area contributed by atoms with E-state index in [1.165, 1.54) is 6.21 Å². The molecule has 3 nitrogen and oxygen atoms in total. The highest BCUT2D eigenvalue weighted by atomic mass is 79.9. The summed E-state index contributed by atoms with van der Waals surface area (Å²) < 4.78 is 6.02. The van der Waals surface area contributed by atoms with Crippen LogP contribution in [0.1, 0.15) is 26.3 Å². The largest absolute Gasteiger partial charge is 0.442 e. The molecular formula is C12H14BrNO2. The van der Waals surface area contributed by atoms with Gasteiger partial charge >= 0.3 is 6.09 Å². The highest BCUT2D eigenvalue weighted by molar-refractivity contribution is 9.10. The van der Waals surface area contributed by atoms with E-state index in [2.05, 4.69) is 20.9 Å². The Kier molecular flexibility index (Phi) is 4.24. The highest BCUT2D eigenvalue weighted by Crippen LogP contribution is 2.10. The average molecular weight is 284 g/mol. The van der Waals surface area contributed by atoms with Crippen molar-refractivity contribution >= 4 is 28.2 Å². The number of nitrogens with zero attached hydrogens (tertiary/aromatic N) is 1. The lowest BCUT2D eigenvalue weighted by Crippen LogP contribution is -2.21. The molecule has 0 saturated heterocycles. The number of aliphatic imine (C=N–C) groups is 1. The Hall–Kier alpha value is -1.16. The van der Waals surface area contributed by atoms with Crippen molar-refractivity contribution in [2.75, 3.05) is 0 Å². The molecule has 0 atom stereocenters. The number of rotatable bonds is 1. The Morgan fingerprint density at radius 2 is 1.88 bits per heavy atom. The van der Waals surface area contributed by atoms with Gasteiger partial charge in [0, 0.05) is 10.7 Å². The normalized spacial score (nSPS) is 11.8. The molecule has 1 rings (SSSR count). The number of hydrogen-bond acceptors (Lipinski definition) is 2. The smallest absolute Gasteiger partial charge is 0.434 e. The number of benzene rings is 1. The minimum Gasteiger partial charge on any atom is -0.442 e. The molecule has 4 heteroatoms. The van der Waals surface area contributed by atoms with Gasteiger partial charge in [0.05, 0.1) is 0 Å². The first-order valence-electron chi connectivity index (χ1n) is 4.89. The fourth-order valence-corrected chi connectivity index (χ4v) is 1.23. The van der Waals surface area contributed by atoms with Gasteiger partial charge in [0.25, 0.3) is 0 Å². The molecule has 0 bridgehead atoms. The lowest BCUT2D eigenvalue weighted by atomic mass is 10.2. The van der Waals surface area contributed by atoms with Crippen molar-refractivity contribution in [2.24, 2.45) is 4.99 Å². The van der Waals surface area contributed by atoms with Crippen LogP contribution in [0, 0.1) is 0 Å². The second-order valence-corrected chi connectivity index (χ2v) is 5.21. The van der Waals surface area contributed by atoms with Gasteiger partial charge in [-0.1, -0.05) is 28.1 Å². The fraction of sp³-hybridized carbons (Fsp3) is 0.333. The molecule has 1 amide bonds. The van der Waals surface area contributed by atoms with Crippen LogP contribution in [0.5, 0.6) is 0 Å². The summed E-state index contributed by atoms with van der Waals surface area (Å²) in [5, 5.41) is 0. The molecule has 1 aromatic rings. The summed E-state index contributed by atoms with van der Waals surface area (Å²) in [5.74, 6) is 0. The minimum atomic E-state index is -0.574. The molecule has 0 saturated carbocycles. The van der Waals surface area contributed by atoms with E-state index in [1.54, 1.807) is 20.8 Å². The fourth-order valence-electron chi connectivity index (χ4n) is 0.964. The molecule has 0 fully saturated rings. The molecular weight excluding hydrogens is 270 g/mol. The molecule has 0 radical (unpaired) electrons. The number of ether oxygens (including phenoxy) is 1. The summed E-state index contributed by atoms with van der Waals surface area (Å²) in [6, 6.07) is 7.49. The van der Waals surface area contributed by atoms with E-state index in [0.29, 0.717) is 0 Å². The van der Waals surface area contributed by atoms with E-state index >= 15 is 0 Å². The third-order valence-corrected chi connectivity index (χ3v) is 2.11. The van der Waals surface area contributed by atoms with E-state index in [4.69, 9.17) is 4.74 Å². The Balaban J connectivity index is 2.60. The molecule has 0 N–H and O–H groups in total. The van der Waals surface area contributed by atoms with Crippen molar-refractivity contribution in [3.63, 3.8) is 0 Å². The highest BCUT2D eigenvalue weighted by Gasteiger charge is 2.14. The predicted octanol–water partition coefficient (Wildman–Crippen LogP) is 3.80. The summed E-state index contributed by atoms with van der Waals surface area (Å²) in [4.78, 5) is 15.0. The monoisotopic (exact) mass is 283 g/mol. The number of amides is 1. The SMILES string of the molecule is CC(C)(C)OC(=O)/N=C\c1ccc(Br)cc1. The van der Waals surface area contributed by atoms with Crippen LogP contribution in [0.4, 0.5) is 4.79 Å². The van der Waals surface area contributed by atoms with E-state index in [9.17, 15) is 4.79 Å². The van der Waals surface area contributed by atoms with Crippen molar-refractivity contribution in [3.8, 4) is 0 Å². The molecule has 0 aliphatic carbocycles. The lowest BCUT2D eigenvalue weighted by molar-refractivity contribution is 0.0605. The number of hydrogen-bond donors (Lipinski definition) is 0. The summed E-state index contributed by atoms with van der Waals surface area (Å²) in [5.41, 5.74) is 0.350. The molecule has 0 heterocycles. The summed E-state index contributed by atoms with van der Waals surface area (Å²) in [6.07, 6.45) is 0.913. The predicted molar refractivity (Wildman–Crippen MR) is 68.0 cm³/mol. The van der Waals surface area contributed by atoms with Crippen molar-refractivity contribution < 1.29 is 9.53 Å². The van der Waals surface area contributed by atoms with Crippen molar-refractivity contribution in [3.05, 3.63) is 34.3 Å². The van der Waals surface area contributed by atoms with E-state index < -0.39 is 11.7 Å². The molecule has 0 unspecified atom stereocenters. The molecule has 0 aliphatic heterocycles. The van der Waals surface area contributed by atoms with Crippen LogP contribution in [0.3, 0.4) is 0 Å². The Morgan fingerprint density at radius 1 is 1.31 bits per heavy atom. The van der Waals surface area contributed by atoms with E-state index in [-0.39, 0.29) is 0 Å². The number of carbonyl (C=O) groups is 1. The van der Waals surface area contributed by atoms with Gasteiger partial charge in [-0.25, -0.2) is 4.79 Å². The van der Waals surface area contributed by atoms with Gasteiger partial charge in [-0.05, 0) is 38.5 Å². The Morgan fingerprint density at radius 3 is 2.38 bits per heavy atom. The quantitative estimate of drug-likeness (QED) is 0.736. The van der Waals surface area contributed by atoms with Crippen molar-refractivity contribution in [1.29, 1.82) is 0 Å². The minimum absolute atomic E-state index is 0.506.